The second-order valence-corrected chi connectivity index (χ2v) is 6.89. The first kappa shape index (κ1) is 12.5. The van der Waals surface area contributed by atoms with E-state index in [-0.39, 0.29) is 0 Å². The Balaban J connectivity index is 1.56. The van der Waals surface area contributed by atoms with Gasteiger partial charge in [-0.25, -0.2) is 0 Å². The number of hydrogen-bond donors (Lipinski definition) is 0. The smallest absolute Gasteiger partial charge is 0.219 e. The molecule has 0 radical (unpaired) electrons. The second-order valence-electron chi connectivity index (χ2n) is 6.89. The molecular weight excluding hydrogens is 222 g/mol. The molecule has 3 fully saturated rings. The Morgan fingerprint density at radius 3 is 2.11 bits per heavy atom. The third-order valence-electron chi connectivity index (χ3n) is 5.59. The number of nitrogens with zero attached hydrogens (tertiary/aromatic N) is 1. The van der Waals surface area contributed by atoms with Gasteiger partial charge in [-0.1, -0.05) is 32.1 Å². The van der Waals surface area contributed by atoms with Gasteiger partial charge in [0.2, 0.25) is 5.91 Å². The summed E-state index contributed by atoms with van der Waals surface area (Å²) in [5, 5.41) is 0. The Hall–Kier alpha value is -0.530. The van der Waals surface area contributed by atoms with Crippen molar-refractivity contribution in [2.45, 2.75) is 83.2 Å². The Morgan fingerprint density at radius 2 is 1.56 bits per heavy atom. The third kappa shape index (κ3) is 2.44. The van der Waals surface area contributed by atoms with Gasteiger partial charge in [0.15, 0.2) is 0 Å². The van der Waals surface area contributed by atoms with E-state index >= 15 is 0 Å². The van der Waals surface area contributed by atoms with Crippen LogP contribution in [0.15, 0.2) is 0 Å². The molecule has 0 aromatic heterocycles. The monoisotopic (exact) mass is 249 g/mol. The van der Waals surface area contributed by atoms with Crippen LogP contribution in [0.3, 0.4) is 0 Å². The summed E-state index contributed by atoms with van der Waals surface area (Å²) < 4.78 is 0. The summed E-state index contributed by atoms with van der Waals surface area (Å²) in [5.74, 6) is 2.24. The lowest BCUT2D eigenvalue weighted by Crippen LogP contribution is -2.45. The van der Waals surface area contributed by atoms with E-state index in [0.717, 1.165) is 11.8 Å². The highest BCUT2D eigenvalue weighted by molar-refractivity contribution is 5.74. The number of hydrogen-bond acceptors (Lipinski definition) is 1. The van der Waals surface area contributed by atoms with Gasteiger partial charge in [0, 0.05) is 19.0 Å². The molecule has 2 bridgehead atoms. The first-order chi connectivity index (χ1) is 8.74. The maximum atomic E-state index is 11.7. The van der Waals surface area contributed by atoms with Crippen LogP contribution >= 0.6 is 0 Å². The van der Waals surface area contributed by atoms with Gasteiger partial charge in [0.05, 0.1) is 0 Å². The van der Waals surface area contributed by atoms with E-state index in [4.69, 9.17) is 0 Å². The molecule has 18 heavy (non-hydrogen) atoms. The van der Waals surface area contributed by atoms with Crippen molar-refractivity contribution in [1.29, 1.82) is 0 Å². The lowest BCUT2D eigenvalue weighted by molar-refractivity contribution is -0.134. The zero-order chi connectivity index (χ0) is 12.5. The van der Waals surface area contributed by atoms with Crippen LogP contribution < -0.4 is 0 Å². The number of amides is 1. The standard InChI is InChI=1S/C16H27NO/c1-12(18)17-15-7-8-16(17)11-14(10-15)9-13-5-3-2-4-6-13/h13-16H,2-11H2,1H3. The number of rotatable bonds is 2. The summed E-state index contributed by atoms with van der Waals surface area (Å²) in [6, 6.07) is 1.18. The zero-order valence-corrected chi connectivity index (χ0v) is 11.7. The predicted molar refractivity (Wildman–Crippen MR) is 73.2 cm³/mol. The highest BCUT2D eigenvalue weighted by atomic mass is 16.2. The summed E-state index contributed by atoms with van der Waals surface area (Å²) in [6.07, 6.45) is 13.9. The molecule has 1 aliphatic carbocycles. The van der Waals surface area contributed by atoms with Crippen molar-refractivity contribution in [3.8, 4) is 0 Å². The van der Waals surface area contributed by atoms with E-state index < -0.39 is 0 Å². The van der Waals surface area contributed by atoms with Crippen LogP contribution in [-0.4, -0.2) is 22.9 Å². The minimum absolute atomic E-state index is 0.318. The molecule has 2 unspecified atom stereocenters. The molecule has 2 heteroatoms. The third-order valence-corrected chi connectivity index (χ3v) is 5.59. The molecule has 0 spiro atoms. The van der Waals surface area contributed by atoms with Crippen molar-refractivity contribution in [3.63, 3.8) is 0 Å². The van der Waals surface area contributed by atoms with Gasteiger partial charge in [-0.15, -0.1) is 0 Å². The van der Waals surface area contributed by atoms with Crippen LogP contribution in [-0.2, 0) is 4.79 Å². The summed E-state index contributed by atoms with van der Waals surface area (Å²) in [6.45, 7) is 1.76. The number of fused-ring (bicyclic) bond motifs is 2. The predicted octanol–water partition coefficient (Wildman–Crippen LogP) is 3.75. The van der Waals surface area contributed by atoms with E-state index in [0.29, 0.717) is 18.0 Å². The molecule has 2 aliphatic heterocycles. The Bertz CT molecular complexity index is 294. The fourth-order valence-electron chi connectivity index (χ4n) is 4.89. The van der Waals surface area contributed by atoms with E-state index in [1.165, 1.54) is 64.2 Å². The van der Waals surface area contributed by atoms with Crippen molar-refractivity contribution in [2.75, 3.05) is 0 Å². The highest BCUT2D eigenvalue weighted by Crippen LogP contribution is 2.42. The highest BCUT2D eigenvalue weighted by Gasteiger charge is 2.42. The molecule has 1 amide bonds. The topological polar surface area (TPSA) is 20.3 Å². The SMILES string of the molecule is CC(=O)N1C2CCC1CC(CC1CCCCC1)C2. The molecular formula is C16H27NO. The average Bonchev–Trinajstić information content (AvgIpc) is 2.63. The van der Waals surface area contributed by atoms with Crippen LogP contribution in [0.2, 0.25) is 0 Å². The van der Waals surface area contributed by atoms with Crippen molar-refractivity contribution >= 4 is 5.91 Å². The quantitative estimate of drug-likeness (QED) is 0.730. The summed E-state index contributed by atoms with van der Waals surface area (Å²) in [7, 11) is 0. The lowest BCUT2D eigenvalue weighted by atomic mass is 9.78. The minimum Gasteiger partial charge on any atom is -0.337 e. The van der Waals surface area contributed by atoms with E-state index in [9.17, 15) is 4.79 Å². The van der Waals surface area contributed by atoms with Crippen LogP contribution in [0.5, 0.6) is 0 Å². The Morgan fingerprint density at radius 1 is 0.944 bits per heavy atom. The summed E-state index contributed by atoms with van der Waals surface area (Å²) in [4.78, 5) is 13.9. The maximum Gasteiger partial charge on any atom is 0.219 e. The number of carbonyl (C=O) groups is 1. The van der Waals surface area contributed by atoms with Crippen molar-refractivity contribution in [3.05, 3.63) is 0 Å². The normalized spacial score (nSPS) is 36.9. The van der Waals surface area contributed by atoms with Gasteiger partial charge in [-0.05, 0) is 43.9 Å². The average molecular weight is 249 g/mol. The molecule has 2 saturated heterocycles. The summed E-state index contributed by atoms with van der Waals surface area (Å²) >= 11 is 0. The minimum atomic E-state index is 0.318. The van der Waals surface area contributed by atoms with E-state index in [1.54, 1.807) is 6.92 Å². The molecule has 0 aromatic rings. The van der Waals surface area contributed by atoms with Crippen molar-refractivity contribution in [2.24, 2.45) is 11.8 Å². The molecule has 0 aromatic carbocycles. The Kier molecular flexibility index (Phi) is 3.63. The first-order valence-corrected chi connectivity index (χ1v) is 8.03. The molecule has 102 valence electrons. The molecule has 1 saturated carbocycles. The van der Waals surface area contributed by atoms with E-state index in [1.807, 2.05) is 0 Å². The second kappa shape index (κ2) is 5.22. The molecule has 0 N–H and O–H groups in total. The van der Waals surface area contributed by atoms with Crippen molar-refractivity contribution < 1.29 is 4.79 Å². The first-order valence-electron chi connectivity index (χ1n) is 8.03. The Labute approximate surface area is 111 Å². The molecule has 3 aliphatic rings. The van der Waals surface area contributed by atoms with Gasteiger partial charge >= 0.3 is 0 Å². The number of carbonyl (C=O) groups excluding carboxylic acids is 1. The fourth-order valence-corrected chi connectivity index (χ4v) is 4.89. The number of piperidine rings is 1. The van der Waals surface area contributed by atoms with E-state index in [2.05, 4.69) is 4.90 Å². The van der Waals surface area contributed by atoms with Gasteiger partial charge < -0.3 is 4.90 Å². The van der Waals surface area contributed by atoms with Gasteiger partial charge in [0.1, 0.15) is 0 Å². The maximum absolute atomic E-state index is 11.7. The van der Waals surface area contributed by atoms with Gasteiger partial charge in [0.25, 0.3) is 0 Å². The zero-order valence-electron chi connectivity index (χ0n) is 11.7. The lowest BCUT2D eigenvalue weighted by Gasteiger charge is -2.40. The van der Waals surface area contributed by atoms with Gasteiger partial charge in [-0.2, -0.15) is 0 Å². The molecule has 2 atom stereocenters. The summed E-state index contributed by atoms with van der Waals surface area (Å²) in [5.41, 5.74) is 0. The van der Waals surface area contributed by atoms with Crippen LogP contribution in [0.4, 0.5) is 0 Å². The molecule has 2 heterocycles. The van der Waals surface area contributed by atoms with Crippen molar-refractivity contribution in [1.82, 2.24) is 4.90 Å². The van der Waals surface area contributed by atoms with Gasteiger partial charge in [-0.3, -0.25) is 4.79 Å². The molecule has 3 rings (SSSR count). The largest absolute Gasteiger partial charge is 0.337 e. The van der Waals surface area contributed by atoms with Crippen LogP contribution in [0.25, 0.3) is 0 Å². The van der Waals surface area contributed by atoms with Crippen LogP contribution in [0, 0.1) is 11.8 Å². The fraction of sp³-hybridized carbons (Fsp3) is 0.938. The molecule has 2 nitrogen and oxygen atoms in total. The van der Waals surface area contributed by atoms with Crippen LogP contribution in [0.1, 0.15) is 71.1 Å².